The molecule has 1 aromatic rings. The van der Waals surface area contributed by atoms with Gasteiger partial charge < -0.3 is 11.1 Å². The van der Waals surface area contributed by atoms with Crippen molar-refractivity contribution in [2.24, 2.45) is 5.73 Å². The zero-order valence-electron chi connectivity index (χ0n) is 6.42. The second-order valence-electron chi connectivity index (χ2n) is 2.94. The summed E-state index contributed by atoms with van der Waals surface area (Å²) in [6.45, 7) is 0. The maximum Gasteiger partial charge on any atom is 0.182 e. The molecule has 0 aromatic carbocycles. The molecule has 3 nitrogen and oxygen atoms in total. The lowest BCUT2D eigenvalue weighted by Crippen LogP contribution is -2.18. The van der Waals surface area contributed by atoms with Crippen molar-refractivity contribution in [3.63, 3.8) is 0 Å². The van der Waals surface area contributed by atoms with Gasteiger partial charge in [-0.25, -0.2) is 4.98 Å². The summed E-state index contributed by atoms with van der Waals surface area (Å²) in [4.78, 5) is 4.34. The Bertz CT molecular complexity index is 264. The molecule has 0 radical (unpaired) electrons. The molecule has 0 aliphatic heterocycles. The molecule has 1 aromatic heterocycles. The van der Waals surface area contributed by atoms with Gasteiger partial charge in [-0.2, -0.15) is 0 Å². The normalized spacial score (nSPS) is 19.8. The zero-order valence-corrected chi connectivity index (χ0v) is 7.24. The molecule has 0 spiro atoms. The lowest BCUT2D eigenvalue weighted by molar-refractivity contribution is 0.715. The number of anilines is 1. The highest BCUT2D eigenvalue weighted by Gasteiger charge is 2.42. The van der Waals surface area contributed by atoms with Gasteiger partial charge in [0.05, 0.1) is 11.2 Å². The predicted octanol–water partition coefficient (Wildman–Crippen LogP) is 1.13. The van der Waals surface area contributed by atoms with Crippen LogP contribution in [0, 0.1) is 0 Å². The van der Waals surface area contributed by atoms with E-state index in [4.69, 9.17) is 5.73 Å². The van der Waals surface area contributed by atoms with Crippen LogP contribution in [0.5, 0.6) is 0 Å². The zero-order chi connectivity index (χ0) is 7.90. The molecule has 0 amide bonds. The molecule has 1 saturated carbocycles. The first kappa shape index (κ1) is 7.06. The van der Waals surface area contributed by atoms with E-state index in [2.05, 4.69) is 10.3 Å². The number of hydrogen-bond acceptors (Lipinski definition) is 4. The molecular formula is C7H11N3S. The van der Waals surface area contributed by atoms with Crippen molar-refractivity contribution in [2.75, 3.05) is 12.4 Å². The van der Waals surface area contributed by atoms with E-state index < -0.39 is 0 Å². The summed E-state index contributed by atoms with van der Waals surface area (Å²) < 4.78 is 0. The third-order valence-corrected chi connectivity index (χ3v) is 2.88. The molecule has 4 heteroatoms. The molecular weight excluding hydrogens is 158 g/mol. The minimum Gasteiger partial charge on any atom is -0.365 e. The summed E-state index contributed by atoms with van der Waals surface area (Å²) in [7, 11) is 1.87. The Kier molecular flexibility index (Phi) is 1.40. The van der Waals surface area contributed by atoms with Gasteiger partial charge in [0.1, 0.15) is 0 Å². The van der Waals surface area contributed by atoms with Crippen LogP contribution in [0.15, 0.2) is 5.38 Å². The van der Waals surface area contributed by atoms with Crippen LogP contribution in [-0.4, -0.2) is 12.0 Å². The fourth-order valence-corrected chi connectivity index (χ4v) is 1.79. The van der Waals surface area contributed by atoms with Gasteiger partial charge in [0.15, 0.2) is 5.13 Å². The van der Waals surface area contributed by atoms with Gasteiger partial charge in [-0.05, 0) is 12.8 Å². The highest BCUT2D eigenvalue weighted by atomic mass is 32.1. The first-order chi connectivity index (χ1) is 5.24. The Morgan fingerprint density at radius 2 is 2.45 bits per heavy atom. The van der Waals surface area contributed by atoms with Gasteiger partial charge in [0.2, 0.25) is 0 Å². The number of nitrogens with one attached hydrogen (secondary N) is 1. The average Bonchev–Trinajstić information content (AvgIpc) is 2.61. The Morgan fingerprint density at radius 1 is 1.73 bits per heavy atom. The first-order valence-corrected chi connectivity index (χ1v) is 4.55. The van der Waals surface area contributed by atoms with E-state index in [1.54, 1.807) is 11.3 Å². The van der Waals surface area contributed by atoms with Crippen molar-refractivity contribution >= 4 is 16.5 Å². The van der Waals surface area contributed by atoms with Gasteiger partial charge in [0, 0.05) is 12.4 Å². The fraction of sp³-hybridized carbons (Fsp3) is 0.571. The van der Waals surface area contributed by atoms with Crippen molar-refractivity contribution in [3.8, 4) is 0 Å². The molecule has 0 saturated heterocycles. The van der Waals surface area contributed by atoms with Crippen LogP contribution >= 0.6 is 11.3 Å². The summed E-state index contributed by atoms with van der Waals surface area (Å²) >= 11 is 1.61. The second-order valence-corrected chi connectivity index (χ2v) is 3.80. The monoisotopic (exact) mass is 169 g/mol. The summed E-state index contributed by atoms with van der Waals surface area (Å²) in [6.07, 6.45) is 2.17. The number of rotatable bonds is 2. The number of nitrogens with two attached hydrogens (primary N) is 1. The minimum absolute atomic E-state index is 0.0778. The maximum absolute atomic E-state index is 5.95. The number of nitrogens with zero attached hydrogens (tertiary/aromatic N) is 1. The number of hydrogen-bond donors (Lipinski definition) is 2. The molecule has 2 rings (SSSR count). The van der Waals surface area contributed by atoms with Crippen LogP contribution in [0.25, 0.3) is 0 Å². The van der Waals surface area contributed by atoms with E-state index in [9.17, 15) is 0 Å². The maximum atomic E-state index is 5.95. The molecule has 3 N–H and O–H groups in total. The molecule has 1 fully saturated rings. The van der Waals surface area contributed by atoms with Crippen LogP contribution in [0.2, 0.25) is 0 Å². The molecule has 11 heavy (non-hydrogen) atoms. The van der Waals surface area contributed by atoms with Crippen molar-refractivity contribution in [2.45, 2.75) is 18.4 Å². The standard InChI is InChI=1S/C7H11N3S/c1-9-6-10-5(4-11-6)7(8)2-3-7/h4H,2-3,8H2,1H3,(H,9,10). The smallest absolute Gasteiger partial charge is 0.182 e. The topological polar surface area (TPSA) is 50.9 Å². The molecule has 60 valence electrons. The van der Waals surface area contributed by atoms with E-state index >= 15 is 0 Å². The van der Waals surface area contributed by atoms with Crippen molar-refractivity contribution in [1.82, 2.24) is 4.98 Å². The van der Waals surface area contributed by atoms with Crippen LogP contribution in [-0.2, 0) is 5.54 Å². The van der Waals surface area contributed by atoms with Crippen molar-refractivity contribution in [1.29, 1.82) is 0 Å². The SMILES string of the molecule is CNc1nc(C2(N)CC2)cs1. The average molecular weight is 169 g/mol. The van der Waals surface area contributed by atoms with Gasteiger partial charge in [-0.15, -0.1) is 11.3 Å². The fourth-order valence-electron chi connectivity index (χ4n) is 1.01. The quantitative estimate of drug-likeness (QED) is 0.698. The summed E-state index contributed by atoms with van der Waals surface area (Å²) in [5.41, 5.74) is 6.92. The van der Waals surface area contributed by atoms with E-state index in [0.29, 0.717) is 0 Å². The van der Waals surface area contributed by atoms with Gasteiger partial charge in [-0.1, -0.05) is 0 Å². The third-order valence-electron chi connectivity index (χ3n) is 2.02. The Labute approximate surface area is 69.6 Å². The molecule has 0 atom stereocenters. The van der Waals surface area contributed by atoms with Crippen LogP contribution in [0.1, 0.15) is 18.5 Å². The second kappa shape index (κ2) is 2.19. The van der Waals surface area contributed by atoms with E-state index in [0.717, 1.165) is 23.7 Å². The summed E-state index contributed by atoms with van der Waals surface area (Å²) in [5, 5.41) is 5.99. The van der Waals surface area contributed by atoms with Crippen molar-refractivity contribution in [3.05, 3.63) is 11.1 Å². The van der Waals surface area contributed by atoms with Gasteiger partial charge >= 0.3 is 0 Å². The first-order valence-electron chi connectivity index (χ1n) is 3.67. The molecule has 0 unspecified atom stereocenters. The molecule has 0 bridgehead atoms. The Balaban J connectivity index is 2.25. The summed E-state index contributed by atoms with van der Waals surface area (Å²) in [6, 6.07) is 0. The van der Waals surface area contributed by atoms with Crippen LogP contribution < -0.4 is 11.1 Å². The van der Waals surface area contributed by atoms with E-state index in [1.165, 1.54) is 0 Å². The third kappa shape index (κ3) is 1.12. The van der Waals surface area contributed by atoms with Crippen LogP contribution in [0.4, 0.5) is 5.13 Å². The highest BCUT2D eigenvalue weighted by molar-refractivity contribution is 7.13. The van der Waals surface area contributed by atoms with Gasteiger partial charge in [-0.3, -0.25) is 0 Å². The number of aromatic nitrogens is 1. The number of thiazole rings is 1. The van der Waals surface area contributed by atoms with E-state index in [-0.39, 0.29) is 5.54 Å². The van der Waals surface area contributed by atoms with Gasteiger partial charge in [0.25, 0.3) is 0 Å². The minimum atomic E-state index is -0.0778. The molecule has 1 heterocycles. The molecule has 1 aliphatic rings. The molecule has 1 aliphatic carbocycles. The van der Waals surface area contributed by atoms with Crippen LogP contribution in [0.3, 0.4) is 0 Å². The Morgan fingerprint density at radius 3 is 2.91 bits per heavy atom. The lowest BCUT2D eigenvalue weighted by Gasteiger charge is -2.01. The lowest BCUT2D eigenvalue weighted by atomic mass is 10.2. The van der Waals surface area contributed by atoms with E-state index in [1.807, 2.05) is 12.4 Å². The Hall–Kier alpha value is -0.610. The summed E-state index contributed by atoms with van der Waals surface area (Å²) in [5.74, 6) is 0. The highest BCUT2D eigenvalue weighted by Crippen LogP contribution is 2.43. The predicted molar refractivity (Wildman–Crippen MR) is 46.8 cm³/mol. The van der Waals surface area contributed by atoms with Crippen molar-refractivity contribution < 1.29 is 0 Å². The largest absolute Gasteiger partial charge is 0.365 e.